The van der Waals surface area contributed by atoms with Crippen molar-refractivity contribution in [2.45, 2.75) is 49.9 Å². The van der Waals surface area contributed by atoms with Gasteiger partial charge in [0.1, 0.15) is 0 Å². The summed E-state index contributed by atoms with van der Waals surface area (Å²) in [6.07, 6.45) is 5.92. The van der Waals surface area contributed by atoms with E-state index in [0.717, 1.165) is 18.1 Å². The second kappa shape index (κ2) is 5.72. The van der Waals surface area contributed by atoms with Gasteiger partial charge in [0, 0.05) is 48.2 Å². The summed E-state index contributed by atoms with van der Waals surface area (Å²) in [5, 5.41) is 0. The first-order valence-electron chi connectivity index (χ1n) is 6.84. The normalized spacial score (nSPS) is 40.4. The minimum absolute atomic E-state index is 0.537. The van der Waals surface area contributed by atoms with Crippen molar-refractivity contribution in [3.8, 4) is 0 Å². The molecule has 0 N–H and O–H groups in total. The minimum Gasteiger partial charge on any atom is -0.381 e. The van der Waals surface area contributed by atoms with Crippen LogP contribution in [0.25, 0.3) is 0 Å². The Labute approximate surface area is 113 Å². The van der Waals surface area contributed by atoms with E-state index in [0.29, 0.717) is 6.10 Å². The number of hydrogen-bond donors (Lipinski definition) is 0. The molecule has 3 saturated heterocycles. The lowest BCUT2D eigenvalue weighted by molar-refractivity contribution is -0.00485. The lowest BCUT2D eigenvalue weighted by atomic mass is 9.98. The second-order valence-corrected chi connectivity index (χ2v) is 7.76. The number of piperidine rings is 1. The van der Waals surface area contributed by atoms with Gasteiger partial charge in [0.05, 0.1) is 6.10 Å². The molecule has 3 heterocycles. The molecule has 0 aliphatic carbocycles. The van der Waals surface area contributed by atoms with Crippen LogP contribution in [0.5, 0.6) is 0 Å². The van der Waals surface area contributed by atoms with Crippen LogP contribution in [-0.2, 0) is 4.74 Å². The zero-order valence-electron chi connectivity index (χ0n) is 10.6. The van der Waals surface area contributed by atoms with Crippen molar-refractivity contribution >= 4 is 23.5 Å². The summed E-state index contributed by atoms with van der Waals surface area (Å²) in [6.45, 7) is 0. The third-order valence-electron chi connectivity index (χ3n) is 4.49. The highest BCUT2D eigenvalue weighted by molar-refractivity contribution is 8.03. The fourth-order valence-electron chi connectivity index (χ4n) is 3.73. The highest BCUT2D eigenvalue weighted by Gasteiger charge is 2.43. The fourth-order valence-corrected chi connectivity index (χ4v) is 6.28. The van der Waals surface area contributed by atoms with Gasteiger partial charge in [0.15, 0.2) is 0 Å². The monoisotopic (exact) mass is 273 g/mol. The lowest BCUT2D eigenvalue weighted by Gasteiger charge is -2.42. The van der Waals surface area contributed by atoms with Crippen LogP contribution in [-0.4, -0.2) is 59.3 Å². The van der Waals surface area contributed by atoms with Crippen LogP contribution in [0.4, 0.5) is 0 Å². The second-order valence-electron chi connectivity index (χ2n) is 5.46. The number of rotatable bonds is 2. The van der Waals surface area contributed by atoms with E-state index in [-0.39, 0.29) is 0 Å². The van der Waals surface area contributed by atoms with Gasteiger partial charge in [0.25, 0.3) is 0 Å². The van der Waals surface area contributed by atoms with E-state index < -0.39 is 0 Å². The first-order chi connectivity index (χ1) is 8.38. The molecule has 0 aromatic carbocycles. The maximum Gasteiger partial charge on any atom is 0.0601 e. The summed E-state index contributed by atoms with van der Waals surface area (Å²) in [5.74, 6) is 5.42. The zero-order chi connectivity index (χ0) is 11.7. The topological polar surface area (TPSA) is 12.5 Å². The Balaban J connectivity index is 1.67. The number of methoxy groups -OCH3 is 1. The molecule has 0 spiro atoms. The van der Waals surface area contributed by atoms with Crippen LogP contribution in [0.1, 0.15) is 25.7 Å². The van der Waals surface area contributed by atoms with Gasteiger partial charge < -0.3 is 4.74 Å². The molecular weight excluding hydrogens is 250 g/mol. The molecule has 0 aromatic heterocycles. The van der Waals surface area contributed by atoms with Gasteiger partial charge in [-0.15, -0.1) is 0 Å². The van der Waals surface area contributed by atoms with Crippen LogP contribution < -0.4 is 0 Å². The molecule has 0 aromatic rings. The molecule has 17 heavy (non-hydrogen) atoms. The van der Waals surface area contributed by atoms with Crippen LogP contribution >= 0.6 is 23.5 Å². The van der Waals surface area contributed by atoms with Gasteiger partial charge in [-0.1, -0.05) is 0 Å². The van der Waals surface area contributed by atoms with Gasteiger partial charge in [-0.05, 0) is 25.7 Å². The minimum atomic E-state index is 0.537. The summed E-state index contributed by atoms with van der Waals surface area (Å²) in [6, 6.07) is 2.48. The Morgan fingerprint density at radius 1 is 0.941 bits per heavy atom. The Hall–Kier alpha value is 0.620. The van der Waals surface area contributed by atoms with Crippen molar-refractivity contribution in [1.82, 2.24) is 4.90 Å². The first-order valence-corrected chi connectivity index (χ1v) is 9.15. The summed E-state index contributed by atoms with van der Waals surface area (Å²) < 4.78 is 5.60. The van der Waals surface area contributed by atoms with Gasteiger partial charge in [-0.3, -0.25) is 4.90 Å². The largest absolute Gasteiger partial charge is 0.381 e. The number of ether oxygens (including phenoxy) is 1. The third kappa shape index (κ3) is 2.65. The molecule has 2 nitrogen and oxygen atoms in total. The Kier molecular flexibility index (Phi) is 4.26. The molecule has 2 bridgehead atoms. The molecule has 0 amide bonds. The molecule has 3 fully saturated rings. The van der Waals surface area contributed by atoms with E-state index in [2.05, 4.69) is 28.4 Å². The third-order valence-corrected chi connectivity index (χ3v) is 6.98. The van der Waals surface area contributed by atoms with Crippen molar-refractivity contribution in [3.05, 3.63) is 0 Å². The fraction of sp³-hybridized carbons (Fsp3) is 1.00. The highest BCUT2D eigenvalue weighted by Crippen LogP contribution is 2.39. The van der Waals surface area contributed by atoms with E-state index in [9.17, 15) is 0 Å². The Bertz CT molecular complexity index is 242. The quantitative estimate of drug-likeness (QED) is 0.766. The van der Waals surface area contributed by atoms with Crippen molar-refractivity contribution in [1.29, 1.82) is 0 Å². The molecule has 98 valence electrons. The summed E-state index contributed by atoms with van der Waals surface area (Å²) in [4.78, 5) is 2.88. The molecule has 3 rings (SSSR count). The van der Waals surface area contributed by atoms with E-state index in [1.807, 2.05) is 7.11 Å². The molecule has 0 radical (unpaired) electrons. The van der Waals surface area contributed by atoms with Gasteiger partial charge in [0.2, 0.25) is 0 Å². The molecule has 0 saturated carbocycles. The number of fused-ring (bicyclic) bond motifs is 2. The van der Waals surface area contributed by atoms with Crippen molar-refractivity contribution < 1.29 is 4.74 Å². The summed E-state index contributed by atoms with van der Waals surface area (Å²) in [5.41, 5.74) is 0. The molecule has 3 aliphatic rings. The smallest absolute Gasteiger partial charge is 0.0601 e. The Morgan fingerprint density at radius 3 is 2.06 bits per heavy atom. The molecule has 4 heteroatoms. The van der Waals surface area contributed by atoms with Crippen LogP contribution in [0.15, 0.2) is 0 Å². The SMILES string of the molecule is COC1C[C@H]2CC[C@@H](C1)N2C1CSCCSC1. The van der Waals surface area contributed by atoms with Crippen molar-refractivity contribution in [2.24, 2.45) is 0 Å². The summed E-state index contributed by atoms with van der Waals surface area (Å²) in [7, 11) is 1.89. The van der Waals surface area contributed by atoms with E-state index >= 15 is 0 Å². The molecule has 1 unspecified atom stereocenters. The molecule has 3 aliphatic heterocycles. The highest BCUT2D eigenvalue weighted by atomic mass is 32.2. The maximum atomic E-state index is 5.60. The van der Waals surface area contributed by atoms with Gasteiger partial charge in [-0.25, -0.2) is 0 Å². The van der Waals surface area contributed by atoms with Crippen molar-refractivity contribution in [2.75, 3.05) is 30.1 Å². The Morgan fingerprint density at radius 2 is 1.53 bits per heavy atom. The van der Waals surface area contributed by atoms with Gasteiger partial charge >= 0.3 is 0 Å². The average Bonchev–Trinajstić information content (AvgIpc) is 2.61. The average molecular weight is 273 g/mol. The number of hydrogen-bond acceptors (Lipinski definition) is 4. The lowest BCUT2D eigenvalue weighted by Crippen LogP contribution is -2.52. The molecule has 3 atom stereocenters. The van der Waals surface area contributed by atoms with Gasteiger partial charge in [-0.2, -0.15) is 23.5 Å². The van der Waals surface area contributed by atoms with E-state index in [4.69, 9.17) is 4.74 Å². The van der Waals surface area contributed by atoms with Crippen LogP contribution in [0, 0.1) is 0 Å². The summed E-state index contributed by atoms with van der Waals surface area (Å²) >= 11 is 4.32. The van der Waals surface area contributed by atoms with Crippen LogP contribution in [0.2, 0.25) is 0 Å². The van der Waals surface area contributed by atoms with Crippen molar-refractivity contribution in [3.63, 3.8) is 0 Å². The zero-order valence-corrected chi connectivity index (χ0v) is 12.3. The number of nitrogens with zero attached hydrogens (tertiary/aromatic N) is 1. The maximum absolute atomic E-state index is 5.60. The number of thioether (sulfide) groups is 2. The standard InChI is InChI=1S/C13H23NOS2/c1-15-13-6-10-2-3-11(7-13)14(10)12-8-16-4-5-17-9-12/h10-13H,2-9H2,1H3/t10-,11+,13?. The van der Waals surface area contributed by atoms with E-state index in [1.165, 1.54) is 48.7 Å². The predicted molar refractivity (Wildman–Crippen MR) is 77.1 cm³/mol. The van der Waals surface area contributed by atoms with E-state index in [1.54, 1.807) is 0 Å². The first kappa shape index (κ1) is 12.6. The predicted octanol–water partition coefficient (Wildman–Crippen LogP) is 2.48. The van der Waals surface area contributed by atoms with Crippen LogP contribution in [0.3, 0.4) is 0 Å². The molecular formula is C13H23NOS2.